The third-order valence-corrected chi connectivity index (χ3v) is 4.15. The van der Waals surface area contributed by atoms with Gasteiger partial charge in [0.15, 0.2) is 5.79 Å². The average molecular weight is 212 g/mol. The molecule has 0 aliphatic heterocycles. The lowest BCUT2D eigenvalue weighted by molar-refractivity contribution is -0.356. The van der Waals surface area contributed by atoms with Gasteiger partial charge in [-0.2, -0.15) is 0 Å². The van der Waals surface area contributed by atoms with Crippen molar-refractivity contribution in [1.29, 1.82) is 0 Å². The zero-order chi connectivity index (χ0) is 11.1. The van der Waals surface area contributed by atoms with E-state index in [1.54, 1.807) is 0 Å². The van der Waals surface area contributed by atoms with Crippen LogP contribution in [0.5, 0.6) is 0 Å². The van der Waals surface area contributed by atoms with E-state index in [-0.39, 0.29) is 11.3 Å². The molecule has 2 atom stereocenters. The topological polar surface area (TPSA) is 35.5 Å². The molecule has 15 heavy (non-hydrogen) atoms. The van der Waals surface area contributed by atoms with Crippen LogP contribution in [0, 0.1) is 11.3 Å². The van der Waals surface area contributed by atoms with Crippen molar-refractivity contribution in [1.82, 2.24) is 0 Å². The normalized spacial score (nSPS) is 37.5. The molecule has 0 amide bonds. The van der Waals surface area contributed by atoms with Gasteiger partial charge in [-0.3, -0.25) is 4.79 Å². The molecule has 2 saturated carbocycles. The van der Waals surface area contributed by atoms with Crippen LogP contribution in [0.1, 0.15) is 40.0 Å². The van der Waals surface area contributed by atoms with Crippen LogP contribution >= 0.6 is 0 Å². The summed E-state index contributed by atoms with van der Waals surface area (Å²) in [7, 11) is 0. The third-order valence-electron chi connectivity index (χ3n) is 4.15. The largest absolute Gasteiger partial charge is 0.350 e. The Morgan fingerprint density at radius 3 is 2.40 bits per heavy atom. The second-order valence-corrected chi connectivity index (χ2v) is 4.76. The van der Waals surface area contributed by atoms with Crippen LogP contribution in [0.15, 0.2) is 0 Å². The Morgan fingerprint density at radius 1 is 1.33 bits per heavy atom. The van der Waals surface area contributed by atoms with Gasteiger partial charge in [-0.15, -0.1) is 0 Å². The maximum absolute atomic E-state index is 11.6. The number of hydrogen-bond donors (Lipinski definition) is 0. The van der Waals surface area contributed by atoms with E-state index in [1.807, 2.05) is 13.8 Å². The Bertz CT molecular complexity index is 268. The highest BCUT2D eigenvalue weighted by atomic mass is 16.7. The fraction of sp³-hybridized carbons (Fsp3) is 0.917. The first kappa shape index (κ1) is 11.1. The third kappa shape index (κ3) is 1.29. The van der Waals surface area contributed by atoms with E-state index < -0.39 is 5.79 Å². The average Bonchev–Trinajstić information content (AvgIpc) is 2.43. The van der Waals surface area contributed by atoms with E-state index in [0.29, 0.717) is 25.4 Å². The zero-order valence-electron chi connectivity index (χ0n) is 9.84. The van der Waals surface area contributed by atoms with Gasteiger partial charge in [0.25, 0.3) is 0 Å². The van der Waals surface area contributed by atoms with Crippen molar-refractivity contribution < 1.29 is 14.3 Å². The second-order valence-electron chi connectivity index (χ2n) is 4.76. The van der Waals surface area contributed by atoms with E-state index in [2.05, 4.69) is 6.92 Å². The molecule has 0 aromatic carbocycles. The zero-order valence-corrected chi connectivity index (χ0v) is 9.84. The summed E-state index contributed by atoms with van der Waals surface area (Å²) < 4.78 is 11.6. The van der Waals surface area contributed by atoms with Crippen LogP contribution in [-0.4, -0.2) is 24.8 Å². The highest BCUT2D eigenvalue weighted by molar-refractivity contribution is 5.86. The van der Waals surface area contributed by atoms with Gasteiger partial charge in [-0.05, 0) is 20.3 Å². The summed E-state index contributed by atoms with van der Waals surface area (Å²) in [6, 6.07) is 0. The number of rotatable bonds is 4. The van der Waals surface area contributed by atoms with E-state index in [9.17, 15) is 4.79 Å². The molecule has 0 N–H and O–H groups in total. The molecule has 2 unspecified atom stereocenters. The van der Waals surface area contributed by atoms with Gasteiger partial charge in [0.2, 0.25) is 0 Å². The van der Waals surface area contributed by atoms with Crippen LogP contribution in [0.25, 0.3) is 0 Å². The van der Waals surface area contributed by atoms with Crippen molar-refractivity contribution in [3.05, 3.63) is 0 Å². The van der Waals surface area contributed by atoms with Crippen LogP contribution in [0.2, 0.25) is 0 Å². The van der Waals surface area contributed by atoms with Crippen molar-refractivity contribution in [3.63, 3.8) is 0 Å². The lowest BCUT2D eigenvalue weighted by Crippen LogP contribution is -2.64. The second kappa shape index (κ2) is 3.56. The fourth-order valence-corrected chi connectivity index (χ4v) is 3.21. The molecule has 0 bridgehead atoms. The maximum Gasteiger partial charge on any atom is 0.174 e. The summed E-state index contributed by atoms with van der Waals surface area (Å²) in [6.45, 7) is 7.40. The van der Waals surface area contributed by atoms with Gasteiger partial charge in [-0.1, -0.05) is 6.92 Å². The Kier molecular flexibility index (Phi) is 2.63. The number of Topliss-reactive ketones (excluding diaryl/α,β-unsaturated/α-hetero) is 1. The fourth-order valence-electron chi connectivity index (χ4n) is 3.21. The molecule has 2 aliphatic carbocycles. The minimum atomic E-state index is -0.479. The van der Waals surface area contributed by atoms with Gasteiger partial charge in [0, 0.05) is 37.4 Å². The van der Waals surface area contributed by atoms with E-state index >= 15 is 0 Å². The first-order chi connectivity index (χ1) is 7.09. The Morgan fingerprint density at radius 2 is 1.93 bits per heavy atom. The highest BCUT2D eigenvalue weighted by Gasteiger charge is 2.69. The molecule has 0 radical (unpaired) electrons. The molecular formula is C12H20O3. The summed E-state index contributed by atoms with van der Waals surface area (Å²) in [5.41, 5.74) is -0.0733. The predicted octanol–water partition coefficient (Wildman–Crippen LogP) is 2.14. The van der Waals surface area contributed by atoms with E-state index in [0.717, 1.165) is 12.8 Å². The smallest absolute Gasteiger partial charge is 0.174 e. The predicted molar refractivity (Wildman–Crippen MR) is 56.4 cm³/mol. The first-order valence-electron chi connectivity index (χ1n) is 5.90. The summed E-state index contributed by atoms with van der Waals surface area (Å²) in [5.74, 6) is 0.0935. The molecule has 3 heteroatoms. The lowest BCUT2D eigenvalue weighted by Gasteiger charge is -2.58. The quantitative estimate of drug-likeness (QED) is 0.670. The van der Waals surface area contributed by atoms with Crippen LogP contribution in [0.4, 0.5) is 0 Å². The molecule has 0 spiro atoms. The highest BCUT2D eigenvalue weighted by Crippen LogP contribution is 2.63. The lowest BCUT2D eigenvalue weighted by atomic mass is 9.57. The van der Waals surface area contributed by atoms with E-state index in [4.69, 9.17) is 9.47 Å². The maximum atomic E-state index is 11.6. The van der Waals surface area contributed by atoms with Gasteiger partial charge in [0.1, 0.15) is 5.78 Å². The number of carbonyl (C=O) groups is 1. The molecule has 0 aromatic rings. The minimum absolute atomic E-state index is 0.0733. The summed E-state index contributed by atoms with van der Waals surface area (Å²) in [6.07, 6.45) is 2.36. The first-order valence-corrected chi connectivity index (χ1v) is 5.90. The summed E-state index contributed by atoms with van der Waals surface area (Å²) >= 11 is 0. The molecule has 0 aromatic heterocycles. The monoisotopic (exact) mass is 212 g/mol. The molecule has 0 heterocycles. The Labute approximate surface area is 91.1 Å². The van der Waals surface area contributed by atoms with Crippen molar-refractivity contribution >= 4 is 5.78 Å². The van der Waals surface area contributed by atoms with Crippen LogP contribution < -0.4 is 0 Å². The van der Waals surface area contributed by atoms with Gasteiger partial charge >= 0.3 is 0 Å². The molecule has 2 rings (SSSR count). The van der Waals surface area contributed by atoms with Crippen molar-refractivity contribution in [2.75, 3.05) is 13.2 Å². The molecule has 0 saturated heterocycles. The number of ketones is 1. The van der Waals surface area contributed by atoms with E-state index in [1.165, 1.54) is 0 Å². The van der Waals surface area contributed by atoms with Crippen LogP contribution in [-0.2, 0) is 14.3 Å². The minimum Gasteiger partial charge on any atom is -0.350 e. The van der Waals surface area contributed by atoms with Crippen molar-refractivity contribution in [2.24, 2.45) is 11.3 Å². The molecule has 86 valence electrons. The standard InChI is InChI=1S/C12H20O3/c1-4-14-12(15-5-2)8-9-10(13)6-7-11(9,12)3/h9H,4-8H2,1-3H3. The number of fused-ring (bicyclic) bond motifs is 1. The number of carbonyl (C=O) groups excluding carboxylic acids is 1. The van der Waals surface area contributed by atoms with Crippen molar-refractivity contribution in [2.45, 2.75) is 45.8 Å². The summed E-state index contributed by atoms with van der Waals surface area (Å²) in [4.78, 5) is 11.6. The molecule has 2 aliphatic rings. The number of ether oxygens (including phenoxy) is 2. The summed E-state index contributed by atoms with van der Waals surface area (Å²) in [5, 5.41) is 0. The van der Waals surface area contributed by atoms with Gasteiger partial charge in [0.05, 0.1) is 0 Å². The SMILES string of the molecule is CCOC1(OCC)CC2C(=O)CCC21C. The number of hydrogen-bond acceptors (Lipinski definition) is 3. The molecule has 2 fully saturated rings. The van der Waals surface area contributed by atoms with Gasteiger partial charge < -0.3 is 9.47 Å². The Hall–Kier alpha value is -0.410. The van der Waals surface area contributed by atoms with Gasteiger partial charge in [-0.25, -0.2) is 0 Å². The molecular weight excluding hydrogens is 192 g/mol. The Balaban J connectivity index is 2.19. The van der Waals surface area contributed by atoms with Crippen molar-refractivity contribution in [3.8, 4) is 0 Å². The molecule has 3 nitrogen and oxygen atoms in total. The van der Waals surface area contributed by atoms with Crippen LogP contribution in [0.3, 0.4) is 0 Å².